The van der Waals surface area contributed by atoms with E-state index in [4.69, 9.17) is 11.6 Å². The lowest BCUT2D eigenvalue weighted by atomic mass is 9.78. The second-order valence-corrected chi connectivity index (χ2v) is 11.4. The molecule has 2 fully saturated rings. The van der Waals surface area contributed by atoms with Crippen LogP contribution in [0.3, 0.4) is 0 Å². The third-order valence-electron chi connectivity index (χ3n) is 7.57. The summed E-state index contributed by atoms with van der Waals surface area (Å²) >= 11 is 7.63. The van der Waals surface area contributed by atoms with Gasteiger partial charge in [-0.15, -0.1) is 11.3 Å². The molecule has 208 valence electrons. The summed E-state index contributed by atoms with van der Waals surface area (Å²) in [6, 6.07) is 18.8. The van der Waals surface area contributed by atoms with Gasteiger partial charge >= 0.3 is 6.03 Å². The van der Waals surface area contributed by atoms with Crippen molar-refractivity contribution >= 4 is 46.7 Å². The third kappa shape index (κ3) is 5.84. The predicted molar refractivity (Wildman–Crippen MR) is 160 cm³/mol. The number of amides is 3. The molecule has 0 aliphatic carbocycles. The van der Waals surface area contributed by atoms with E-state index in [1.54, 1.807) is 17.0 Å². The van der Waals surface area contributed by atoms with Crippen molar-refractivity contribution in [1.82, 2.24) is 20.4 Å². The van der Waals surface area contributed by atoms with Crippen LogP contribution in [0.25, 0.3) is 6.08 Å². The van der Waals surface area contributed by atoms with Gasteiger partial charge in [0.2, 0.25) is 5.91 Å². The number of carbonyl (C=O) groups excluding carboxylic acids is 3. The fourth-order valence-corrected chi connectivity index (χ4v) is 6.59. The van der Waals surface area contributed by atoms with E-state index in [1.165, 1.54) is 11.3 Å². The second-order valence-electron chi connectivity index (χ2n) is 9.97. The number of urea groups is 1. The van der Waals surface area contributed by atoms with Crippen LogP contribution in [0.2, 0.25) is 5.02 Å². The molecule has 3 amide bonds. The molecule has 2 N–H and O–H groups in total. The number of thiophene rings is 1. The Balaban J connectivity index is 1.69. The number of piperazine rings is 1. The molecule has 4 unspecified atom stereocenters. The Morgan fingerprint density at radius 1 is 1.02 bits per heavy atom. The molecule has 40 heavy (non-hydrogen) atoms. The molecule has 1 aromatic heterocycles. The first-order valence-electron chi connectivity index (χ1n) is 13.6. The maximum absolute atomic E-state index is 14.4. The lowest BCUT2D eigenvalue weighted by Gasteiger charge is -2.36. The van der Waals surface area contributed by atoms with Crippen molar-refractivity contribution in [1.29, 1.82) is 0 Å². The van der Waals surface area contributed by atoms with Gasteiger partial charge in [-0.05, 0) is 41.6 Å². The Bertz CT molecular complexity index is 1340. The highest BCUT2D eigenvalue weighted by atomic mass is 35.5. The average molecular weight is 577 g/mol. The van der Waals surface area contributed by atoms with Gasteiger partial charge in [0, 0.05) is 43.7 Å². The van der Waals surface area contributed by atoms with Crippen molar-refractivity contribution in [3.63, 3.8) is 0 Å². The summed E-state index contributed by atoms with van der Waals surface area (Å²) in [7, 11) is 0. The van der Waals surface area contributed by atoms with Crippen molar-refractivity contribution < 1.29 is 14.4 Å². The van der Waals surface area contributed by atoms with Gasteiger partial charge in [-0.25, -0.2) is 4.79 Å². The van der Waals surface area contributed by atoms with Crippen LogP contribution in [0.4, 0.5) is 4.79 Å². The minimum Gasteiger partial charge on any atom is -0.338 e. The van der Waals surface area contributed by atoms with Gasteiger partial charge < -0.3 is 20.4 Å². The molecule has 0 spiro atoms. The maximum atomic E-state index is 14.4. The van der Waals surface area contributed by atoms with Crippen molar-refractivity contribution in [3.05, 3.63) is 99.2 Å². The van der Waals surface area contributed by atoms with Gasteiger partial charge in [0.1, 0.15) is 6.04 Å². The van der Waals surface area contributed by atoms with Gasteiger partial charge in [-0.3, -0.25) is 9.59 Å². The molecular formula is C31H33ClN4O3S. The highest BCUT2D eigenvalue weighted by Gasteiger charge is 2.57. The van der Waals surface area contributed by atoms with Gasteiger partial charge in [0.05, 0.1) is 16.8 Å². The lowest BCUT2D eigenvalue weighted by molar-refractivity contribution is -0.136. The number of benzene rings is 2. The number of Topliss-reactive ketones (excluding diaryl/α,β-unsaturated/α-hetero) is 1. The average Bonchev–Trinajstić information content (AvgIpc) is 3.64. The van der Waals surface area contributed by atoms with Gasteiger partial charge in [0.25, 0.3) is 0 Å². The standard InChI is InChI=1S/C31H33ClN4O3S/c1-2-34-31(39)36-24(15-10-21-7-4-3-5-8-21)27(29(37)25-9-6-20-40-25)26(22-11-13-23(32)14-12-22)28(36)30(38)35-18-16-33-17-19-35/h3-15,20,24,26-28,33H,2,16-19H2,1H3,(H,34,39). The van der Waals surface area contributed by atoms with Crippen molar-refractivity contribution in [2.75, 3.05) is 32.7 Å². The van der Waals surface area contributed by atoms with E-state index in [-0.39, 0.29) is 17.7 Å². The Morgan fingerprint density at radius 3 is 2.40 bits per heavy atom. The van der Waals surface area contributed by atoms with E-state index in [0.29, 0.717) is 42.6 Å². The monoisotopic (exact) mass is 576 g/mol. The van der Waals surface area contributed by atoms with Crippen LogP contribution in [-0.2, 0) is 4.79 Å². The lowest BCUT2D eigenvalue weighted by Crippen LogP contribution is -2.57. The molecule has 2 saturated heterocycles. The Labute approximate surface area is 243 Å². The molecule has 2 aliphatic rings. The number of hydrogen-bond acceptors (Lipinski definition) is 5. The van der Waals surface area contributed by atoms with Crippen LogP contribution < -0.4 is 10.6 Å². The second kappa shape index (κ2) is 12.8. The smallest absolute Gasteiger partial charge is 0.318 e. The highest BCUT2D eigenvalue weighted by molar-refractivity contribution is 7.12. The Morgan fingerprint density at radius 2 is 1.75 bits per heavy atom. The number of nitrogens with one attached hydrogen (secondary N) is 2. The van der Waals surface area contributed by atoms with Crippen LogP contribution in [0.15, 0.2) is 78.2 Å². The first kappa shape index (κ1) is 28.1. The quantitative estimate of drug-likeness (QED) is 0.392. The molecule has 3 heterocycles. The zero-order chi connectivity index (χ0) is 28.1. The number of likely N-dealkylation sites (tertiary alicyclic amines) is 1. The predicted octanol–water partition coefficient (Wildman–Crippen LogP) is 4.91. The summed E-state index contributed by atoms with van der Waals surface area (Å²) in [4.78, 5) is 46.5. The summed E-state index contributed by atoms with van der Waals surface area (Å²) < 4.78 is 0. The van der Waals surface area contributed by atoms with Gasteiger partial charge in [-0.2, -0.15) is 0 Å². The molecule has 0 radical (unpaired) electrons. The molecule has 0 saturated carbocycles. The first-order chi connectivity index (χ1) is 19.5. The number of rotatable bonds is 7. The zero-order valence-electron chi connectivity index (χ0n) is 22.3. The Kier molecular flexibility index (Phi) is 8.99. The van der Waals surface area contributed by atoms with Crippen LogP contribution >= 0.6 is 22.9 Å². The van der Waals surface area contributed by atoms with Crippen molar-refractivity contribution in [2.45, 2.75) is 24.9 Å². The molecule has 2 aromatic carbocycles. The number of nitrogens with zero attached hydrogens (tertiary/aromatic N) is 2. The number of hydrogen-bond donors (Lipinski definition) is 2. The molecule has 2 aliphatic heterocycles. The van der Waals surface area contributed by atoms with Crippen LogP contribution in [0.1, 0.15) is 33.6 Å². The Hall–Kier alpha value is -3.46. The van der Waals surface area contributed by atoms with Gasteiger partial charge in [-0.1, -0.05) is 72.3 Å². The summed E-state index contributed by atoms with van der Waals surface area (Å²) in [5.74, 6) is -1.48. The number of ketones is 1. The molecule has 5 rings (SSSR count). The van der Waals surface area contributed by atoms with E-state index in [9.17, 15) is 14.4 Å². The molecule has 7 nitrogen and oxygen atoms in total. The molecule has 3 aromatic rings. The molecule has 0 bridgehead atoms. The summed E-state index contributed by atoms with van der Waals surface area (Å²) in [6.45, 7) is 4.69. The normalized spacial score (nSPS) is 22.9. The zero-order valence-corrected chi connectivity index (χ0v) is 23.9. The minimum atomic E-state index is -0.870. The summed E-state index contributed by atoms with van der Waals surface area (Å²) in [5, 5.41) is 8.65. The third-order valence-corrected chi connectivity index (χ3v) is 8.70. The van der Waals surface area contributed by atoms with Crippen LogP contribution in [-0.4, -0.2) is 72.3 Å². The fraction of sp³-hybridized carbons (Fsp3) is 0.323. The summed E-state index contributed by atoms with van der Waals surface area (Å²) in [5.41, 5.74) is 1.75. The fourth-order valence-electron chi connectivity index (χ4n) is 5.75. The van der Waals surface area contributed by atoms with E-state index >= 15 is 0 Å². The largest absolute Gasteiger partial charge is 0.338 e. The van der Waals surface area contributed by atoms with Crippen molar-refractivity contribution in [2.24, 2.45) is 5.92 Å². The molecular weight excluding hydrogens is 544 g/mol. The summed E-state index contributed by atoms with van der Waals surface area (Å²) in [6.07, 6.45) is 3.84. The van der Waals surface area contributed by atoms with Crippen LogP contribution in [0, 0.1) is 5.92 Å². The van der Waals surface area contributed by atoms with Gasteiger partial charge in [0.15, 0.2) is 5.78 Å². The molecule has 4 atom stereocenters. The van der Waals surface area contributed by atoms with E-state index in [1.807, 2.05) is 84.0 Å². The minimum absolute atomic E-state index is 0.0810. The van der Waals surface area contributed by atoms with Crippen molar-refractivity contribution in [3.8, 4) is 0 Å². The van der Waals surface area contributed by atoms with E-state index in [2.05, 4.69) is 10.6 Å². The SMILES string of the molecule is CCNC(=O)N1C(C=Cc2ccccc2)C(C(=O)c2cccs2)C(c2ccc(Cl)cc2)C1C(=O)N1CCNCC1. The number of halogens is 1. The topological polar surface area (TPSA) is 81.8 Å². The van der Waals surface area contributed by atoms with Crippen LogP contribution in [0.5, 0.6) is 0 Å². The number of carbonyl (C=O) groups is 3. The molecule has 9 heteroatoms. The maximum Gasteiger partial charge on any atom is 0.318 e. The van der Waals surface area contributed by atoms with E-state index < -0.39 is 23.9 Å². The highest BCUT2D eigenvalue weighted by Crippen LogP contribution is 2.46. The first-order valence-corrected chi connectivity index (χ1v) is 14.9. The van der Waals surface area contributed by atoms with E-state index in [0.717, 1.165) is 11.1 Å².